The van der Waals surface area contributed by atoms with Gasteiger partial charge in [-0.1, -0.05) is 12.1 Å². The van der Waals surface area contributed by atoms with Gasteiger partial charge < -0.3 is 4.74 Å². The van der Waals surface area contributed by atoms with E-state index in [1.165, 1.54) is 16.7 Å². The van der Waals surface area contributed by atoms with Crippen LogP contribution in [0.4, 0.5) is 13.2 Å². The number of alkyl halides is 3. The van der Waals surface area contributed by atoms with Gasteiger partial charge in [-0.2, -0.15) is 13.2 Å². The number of ether oxygens (including phenoxy) is 1. The first-order valence-electron chi connectivity index (χ1n) is 8.71. The third-order valence-corrected chi connectivity index (χ3v) is 6.30. The van der Waals surface area contributed by atoms with Crippen LogP contribution in [0.25, 0.3) is 15.4 Å². The Hall–Kier alpha value is -2.66. The first-order valence-corrected chi connectivity index (χ1v) is 11.4. The topological polar surface area (TPSA) is 78.3 Å². The molecule has 0 N–H and O–H groups in total. The minimum atomic E-state index is -4.67. The highest BCUT2D eigenvalue weighted by Gasteiger charge is 2.35. The average molecular weight is 458 g/mol. The number of nitrogens with zero attached hydrogens (tertiary/aromatic N) is 2. The third-order valence-electron chi connectivity index (χ3n) is 4.05. The molecule has 0 aliphatic heterocycles. The molecule has 0 aliphatic carbocycles. The summed E-state index contributed by atoms with van der Waals surface area (Å²) in [6, 6.07) is 9.53. The zero-order chi connectivity index (χ0) is 22.1. The Morgan fingerprint density at radius 3 is 2.60 bits per heavy atom. The van der Waals surface area contributed by atoms with Crippen LogP contribution in [-0.4, -0.2) is 36.8 Å². The van der Waals surface area contributed by atoms with Crippen LogP contribution in [0, 0.1) is 0 Å². The number of halogens is 3. The van der Waals surface area contributed by atoms with E-state index in [0.717, 1.165) is 23.8 Å². The molecular formula is C19H17F3N2O4S2. The van der Waals surface area contributed by atoms with Crippen LogP contribution < -0.4 is 0 Å². The van der Waals surface area contributed by atoms with Crippen molar-refractivity contribution in [1.29, 1.82) is 0 Å². The highest BCUT2D eigenvalue weighted by atomic mass is 32.2. The maximum absolute atomic E-state index is 13.2. The number of carbonyl (C=O) groups excluding carboxylic acids is 1. The molecule has 1 aromatic carbocycles. The largest absolute Gasteiger partial charge is 0.466 e. The van der Waals surface area contributed by atoms with Crippen molar-refractivity contribution < 1.29 is 31.1 Å². The van der Waals surface area contributed by atoms with E-state index >= 15 is 0 Å². The van der Waals surface area contributed by atoms with Crippen molar-refractivity contribution in [1.82, 2.24) is 9.55 Å². The van der Waals surface area contributed by atoms with E-state index in [9.17, 15) is 26.4 Å². The second-order valence-electron chi connectivity index (χ2n) is 6.33. The lowest BCUT2D eigenvalue weighted by atomic mass is 10.2. The van der Waals surface area contributed by atoms with Gasteiger partial charge in [0.25, 0.3) is 0 Å². The first kappa shape index (κ1) is 22.0. The Bertz CT molecular complexity index is 1180. The summed E-state index contributed by atoms with van der Waals surface area (Å²) < 4.78 is 69.1. The second-order valence-corrected chi connectivity index (χ2v) is 9.41. The number of sulfone groups is 1. The van der Waals surface area contributed by atoms with Crippen molar-refractivity contribution in [2.45, 2.75) is 24.4 Å². The predicted octanol–water partition coefficient (Wildman–Crippen LogP) is 4.13. The molecule has 0 saturated heterocycles. The highest BCUT2D eigenvalue weighted by Crippen LogP contribution is 2.34. The first-order chi connectivity index (χ1) is 14.0. The fraction of sp³-hybridized carbons (Fsp3) is 0.263. The van der Waals surface area contributed by atoms with Crippen LogP contribution in [0.15, 0.2) is 47.5 Å². The van der Waals surface area contributed by atoms with Crippen molar-refractivity contribution >= 4 is 27.1 Å². The smallest absolute Gasteiger partial charge is 0.434 e. The SMILES string of the molecule is CCOC(=O)Cc1nc(C(F)(F)F)cn1-c1ccc(-c2cccc(S(C)(=O)=O)c2)s1. The zero-order valence-corrected chi connectivity index (χ0v) is 17.6. The molecule has 160 valence electrons. The molecular weight excluding hydrogens is 441 g/mol. The fourth-order valence-corrected chi connectivity index (χ4v) is 4.37. The Balaban J connectivity index is 2.02. The molecule has 2 heterocycles. The second kappa shape index (κ2) is 8.23. The maximum atomic E-state index is 13.2. The van der Waals surface area contributed by atoms with Gasteiger partial charge in [0.2, 0.25) is 0 Å². The minimum absolute atomic E-state index is 0.0981. The molecule has 3 rings (SSSR count). The van der Waals surface area contributed by atoms with Gasteiger partial charge in [0.05, 0.1) is 11.5 Å². The van der Waals surface area contributed by atoms with Crippen LogP contribution in [0.1, 0.15) is 18.4 Å². The number of benzene rings is 1. The Labute approximate surface area is 174 Å². The van der Waals surface area contributed by atoms with Crippen LogP contribution in [0.2, 0.25) is 0 Å². The normalized spacial score (nSPS) is 12.2. The quantitative estimate of drug-likeness (QED) is 0.519. The van der Waals surface area contributed by atoms with Gasteiger partial charge in [0.15, 0.2) is 15.5 Å². The van der Waals surface area contributed by atoms with E-state index in [2.05, 4.69) is 4.98 Å². The Morgan fingerprint density at radius 1 is 1.23 bits per heavy atom. The van der Waals surface area contributed by atoms with E-state index in [1.807, 2.05) is 0 Å². The number of carbonyl (C=O) groups is 1. The average Bonchev–Trinajstić information content (AvgIpc) is 3.28. The van der Waals surface area contributed by atoms with Crippen LogP contribution in [-0.2, 0) is 32.0 Å². The number of hydrogen-bond acceptors (Lipinski definition) is 6. The zero-order valence-electron chi connectivity index (χ0n) is 15.9. The van der Waals surface area contributed by atoms with Crippen molar-refractivity contribution in [3.8, 4) is 15.4 Å². The van der Waals surface area contributed by atoms with Gasteiger partial charge in [0.1, 0.15) is 17.2 Å². The van der Waals surface area contributed by atoms with Gasteiger partial charge in [-0.15, -0.1) is 11.3 Å². The van der Waals surface area contributed by atoms with Crippen LogP contribution in [0.3, 0.4) is 0 Å². The van der Waals surface area contributed by atoms with E-state index in [1.54, 1.807) is 31.2 Å². The molecule has 0 aliphatic rings. The molecule has 0 unspecified atom stereocenters. The molecule has 0 amide bonds. The molecule has 30 heavy (non-hydrogen) atoms. The van der Waals surface area contributed by atoms with E-state index in [0.29, 0.717) is 15.4 Å². The summed E-state index contributed by atoms with van der Waals surface area (Å²) in [6.45, 7) is 1.70. The van der Waals surface area contributed by atoms with Gasteiger partial charge in [-0.25, -0.2) is 13.4 Å². The summed E-state index contributed by atoms with van der Waals surface area (Å²) in [7, 11) is -3.40. The molecule has 2 aromatic heterocycles. The molecule has 0 bridgehead atoms. The van der Waals surface area contributed by atoms with Crippen molar-refractivity contribution in [3.05, 3.63) is 54.1 Å². The number of esters is 1. The number of aromatic nitrogens is 2. The molecule has 0 saturated carbocycles. The summed E-state index contributed by atoms with van der Waals surface area (Å²) in [5.41, 5.74) is -0.506. The van der Waals surface area contributed by atoms with Gasteiger partial charge in [-0.3, -0.25) is 9.36 Å². The van der Waals surface area contributed by atoms with E-state index < -0.39 is 34.1 Å². The van der Waals surface area contributed by atoms with Crippen molar-refractivity contribution in [2.24, 2.45) is 0 Å². The van der Waals surface area contributed by atoms with Crippen molar-refractivity contribution in [3.63, 3.8) is 0 Å². The number of hydrogen-bond donors (Lipinski definition) is 0. The number of rotatable bonds is 6. The lowest BCUT2D eigenvalue weighted by Crippen LogP contribution is -2.11. The summed E-state index contributed by atoms with van der Waals surface area (Å²) in [4.78, 5) is 16.2. The Morgan fingerprint density at radius 2 is 1.97 bits per heavy atom. The van der Waals surface area contributed by atoms with E-state index in [4.69, 9.17) is 4.74 Å². The summed E-state index contributed by atoms with van der Waals surface area (Å²) in [6.07, 6.45) is -3.16. The Kier molecular flexibility index (Phi) is 6.04. The van der Waals surface area contributed by atoms with Gasteiger partial charge >= 0.3 is 12.1 Å². The number of thiophene rings is 1. The molecule has 11 heteroatoms. The summed E-state index contributed by atoms with van der Waals surface area (Å²) in [5.74, 6) is -0.783. The van der Waals surface area contributed by atoms with Gasteiger partial charge in [0, 0.05) is 17.3 Å². The standard InChI is InChI=1S/C19H17F3N2O4S2/c1-3-28-18(25)10-16-23-15(19(20,21)22)11-24(16)17-8-7-14(29-17)12-5-4-6-13(9-12)30(2,26)27/h4-9,11H,3,10H2,1-2H3. The van der Waals surface area contributed by atoms with Gasteiger partial charge in [-0.05, 0) is 36.8 Å². The maximum Gasteiger partial charge on any atom is 0.434 e. The lowest BCUT2D eigenvalue weighted by molar-refractivity contribution is -0.143. The predicted molar refractivity (Wildman–Crippen MR) is 105 cm³/mol. The lowest BCUT2D eigenvalue weighted by Gasteiger charge is -2.05. The molecule has 0 spiro atoms. The molecule has 6 nitrogen and oxygen atoms in total. The van der Waals surface area contributed by atoms with Crippen LogP contribution in [0.5, 0.6) is 0 Å². The van der Waals surface area contributed by atoms with Crippen molar-refractivity contribution in [2.75, 3.05) is 12.9 Å². The molecule has 0 radical (unpaired) electrons. The summed E-state index contributed by atoms with van der Waals surface area (Å²) in [5, 5.41) is 0.400. The van der Waals surface area contributed by atoms with E-state index in [-0.39, 0.29) is 17.3 Å². The highest BCUT2D eigenvalue weighted by molar-refractivity contribution is 7.90. The van der Waals surface area contributed by atoms with Crippen LogP contribution >= 0.6 is 11.3 Å². The third kappa shape index (κ3) is 4.90. The monoisotopic (exact) mass is 458 g/mol. The molecule has 0 atom stereocenters. The summed E-state index contributed by atoms with van der Waals surface area (Å²) >= 11 is 1.15. The molecule has 0 fully saturated rings. The fourth-order valence-electron chi connectivity index (χ4n) is 2.70. The minimum Gasteiger partial charge on any atom is -0.466 e. The molecule has 3 aromatic rings. The number of imidazole rings is 1.